The standard InChI is InChI=1S/C21H41N5O/c1-3-25-11-5-18(6-12-25)4-10-23-21(22-2)24-20-7-13-26(14-8-20)16-19-9-15-27-17-19/h18-20H,3-17H2,1-2H3,(H2,22,23,24). The summed E-state index contributed by atoms with van der Waals surface area (Å²) >= 11 is 0. The van der Waals surface area contributed by atoms with Crippen molar-refractivity contribution in [1.82, 2.24) is 20.4 Å². The molecule has 1 unspecified atom stereocenters. The topological polar surface area (TPSA) is 52.1 Å². The fourth-order valence-corrected chi connectivity index (χ4v) is 4.73. The van der Waals surface area contributed by atoms with Crippen LogP contribution < -0.4 is 10.6 Å². The summed E-state index contributed by atoms with van der Waals surface area (Å²) in [5.74, 6) is 2.62. The van der Waals surface area contributed by atoms with E-state index < -0.39 is 0 Å². The first-order valence-electron chi connectivity index (χ1n) is 11.3. The maximum absolute atomic E-state index is 5.51. The Hall–Kier alpha value is -0.850. The highest BCUT2D eigenvalue weighted by atomic mass is 16.5. The van der Waals surface area contributed by atoms with Gasteiger partial charge in [0.25, 0.3) is 0 Å². The van der Waals surface area contributed by atoms with E-state index in [4.69, 9.17) is 4.74 Å². The van der Waals surface area contributed by atoms with Crippen LogP contribution in [-0.4, -0.2) is 87.9 Å². The van der Waals surface area contributed by atoms with Crippen LogP contribution in [0, 0.1) is 11.8 Å². The fourth-order valence-electron chi connectivity index (χ4n) is 4.73. The number of nitrogens with zero attached hydrogens (tertiary/aromatic N) is 3. The zero-order valence-corrected chi connectivity index (χ0v) is 17.6. The van der Waals surface area contributed by atoms with Gasteiger partial charge in [0.2, 0.25) is 0 Å². The number of guanidine groups is 1. The quantitative estimate of drug-likeness (QED) is 0.522. The summed E-state index contributed by atoms with van der Waals surface area (Å²) < 4.78 is 5.51. The molecule has 0 spiro atoms. The highest BCUT2D eigenvalue weighted by Crippen LogP contribution is 2.20. The van der Waals surface area contributed by atoms with Crippen LogP contribution in [0.4, 0.5) is 0 Å². The molecule has 0 aromatic carbocycles. The molecule has 0 bridgehead atoms. The van der Waals surface area contributed by atoms with Crippen molar-refractivity contribution in [1.29, 1.82) is 0 Å². The Balaban J connectivity index is 1.28. The van der Waals surface area contributed by atoms with Crippen LogP contribution in [-0.2, 0) is 4.74 Å². The minimum Gasteiger partial charge on any atom is -0.381 e. The molecule has 0 amide bonds. The number of aliphatic imine (C=N–C) groups is 1. The fraction of sp³-hybridized carbons (Fsp3) is 0.952. The lowest BCUT2D eigenvalue weighted by Gasteiger charge is -2.34. The van der Waals surface area contributed by atoms with Crippen molar-refractivity contribution >= 4 is 5.96 Å². The number of nitrogens with one attached hydrogen (secondary N) is 2. The summed E-state index contributed by atoms with van der Waals surface area (Å²) in [6, 6.07) is 0.556. The first-order valence-corrected chi connectivity index (χ1v) is 11.3. The molecule has 3 aliphatic rings. The molecular weight excluding hydrogens is 338 g/mol. The predicted octanol–water partition coefficient (Wildman–Crippen LogP) is 1.77. The Bertz CT molecular complexity index is 436. The summed E-state index contributed by atoms with van der Waals surface area (Å²) in [6.45, 7) is 12.6. The molecule has 3 fully saturated rings. The van der Waals surface area contributed by atoms with E-state index in [-0.39, 0.29) is 0 Å². The summed E-state index contributed by atoms with van der Waals surface area (Å²) in [7, 11) is 1.89. The van der Waals surface area contributed by atoms with Gasteiger partial charge in [0.15, 0.2) is 5.96 Å². The Kier molecular flexibility index (Phi) is 8.68. The minimum absolute atomic E-state index is 0.556. The van der Waals surface area contributed by atoms with E-state index in [1.165, 1.54) is 77.8 Å². The van der Waals surface area contributed by atoms with E-state index in [1.54, 1.807) is 0 Å². The molecule has 0 radical (unpaired) electrons. The van der Waals surface area contributed by atoms with Gasteiger partial charge in [-0.3, -0.25) is 4.99 Å². The van der Waals surface area contributed by atoms with Gasteiger partial charge in [-0.25, -0.2) is 0 Å². The Morgan fingerprint density at radius 2 is 1.74 bits per heavy atom. The summed E-state index contributed by atoms with van der Waals surface area (Å²) in [6.07, 6.45) is 7.64. The molecule has 0 saturated carbocycles. The lowest BCUT2D eigenvalue weighted by atomic mass is 9.93. The highest BCUT2D eigenvalue weighted by Gasteiger charge is 2.24. The number of rotatable bonds is 7. The summed E-state index contributed by atoms with van der Waals surface area (Å²) in [5.41, 5.74) is 0. The van der Waals surface area contributed by atoms with Crippen molar-refractivity contribution in [3.8, 4) is 0 Å². The zero-order valence-electron chi connectivity index (χ0n) is 17.6. The third-order valence-electron chi connectivity index (χ3n) is 6.69. The van der Waals surface area contributed by atoms with E-state index in [2.05, 4.69) is 32.3 Å². The van der Waals surface area contributed by atoms with Gasteiger partial charge < -0.3 is 25.2 Å². The molecule has 156 valence electrons. The molecule has 6 heteroatoms. The number of likely N-dealkylation sites (tertiary alicyclic amines) is 2. The Morgan fingerprint density at radius 1 is 1.00 bits per heavy atom. The summed E-state index contributed by atoms with van der Waals surface area (Å²) in [5, 5.41) is 7.21. The maximum atomic E-state index is 5.51. The number of ether oxygens (including phenoxy) is 1. The van der Waals surface area contributed by atoms with Crippen LogP contribution in [0.25, 0.3) is 0 Å². The molecule has 27 heavy (non-hydrogen) atoms. The largest absolute Gasteiger partial charge is 0.381 e. The summed E-state index contributed by atoms with van der Waals surface area (Å²) in [4.78, 5) is 9.64. The van der Waals surface area contributed by atoms with E-state index in [9.17, 15) is 0 Å². The zero-order chi connectivity index (χ0) is 18.9. The van der Waals surface area contributed by atoms with Crippen molar-refractivity contribution in [3.63, 3.8) is 0 Å². The smallest absolute Gasteiger partial charge is 0.191 e. The first kappa shape index (κ1) is 20.9. The van der Waals surface area contributed by atoms with Gasteiger partial charge in [0, 0.05) is 45.9 Å². The van der Waals surface area contributed by atoms with E-state index in [0.717, 1.165) is 37.6 Å². The average Bonchev–Trinajstić information content (AvgIpc) is 3.22. The van der Waals surface area contributed by atoms with Crippen molar-refractivity contribution in [2.75, 3.05) is 66.1 Å². The Morgan fingerprint density at radius 3 is 2.37 bits per heavy atom. The van der Waals surface area contributed by atoms with Gasteiger partial charge in [-0.15, -0.1) is 0 Å². The monoisotopic (exact) mass is 379 g/mol. The molecule has 3 aliphatic heterocycles. The molecule has 6 nitrogen and oxygen atoms in total. The second kappa shape index (κ2) is 11.2. The second-order valence-electron chi connectivity index (χ2n) is 8.61. The van der Waals surface area contributed by atoms with Crippen LogP contribution in [0.3, 0.4) is 0 Å². The van der Waals surface area contributed by atoms with Gasteiger partial charge in [0.05, 0.1) is 6.61 Å². The lowest BCUT2D eigenvalue weighted by molar-refractivity contribution is 0.150. The molecule has 3 saturated heterocycles. The van der Waals surface area contributed by atoms with Crippen LogP contribution in [0.1, 0.15) is 45.4 Å². The predicted molar refractivity (Wildman–Crippen MR) is 112 cm³/mol. The lowest BCUT2D eigenvalue weighted by Crippen LogP contribution is -2.49. The first-order chi connectivity index (χ1) is 13.3. The molecule has 3 rings (SSSR count). The molecular formula is C21H41N5O. The highest BCUT2D eigenvalue weighted by molar-refractivity contribution is 5.79. The number of hydrogen-bond donors (Lipinski definition) is 2. The van der Waals surface area contributed by atoms with Gasteiger partial charge in [-0.2, -0.15) is 0 Å². The molecule has 2 N–H and O–H groups in total. The third kappa shape index (κ3) is 6.91. The Labute approximate surface area is 166 Å². The van der Waals surface area contributed by atoms with Crippen molar-refractivity contribution in [2.45, 2.75) is 51.5 Å². The van der Waals surface area contributed by atoms with Gasteiger partial charge in [-0.05, 0) is 70.0 Å². The third-order valence-corrected chi connectivity index (χ3v) is 6.69. The van der Waals surface area contributed by atoms with Crippen LogP contribution in [0.15, 0.2) is 4.99 Å². The van der Waals surface area contributed by atoms with Gasteiger partial charge in [-0.1, -0.05) is 6.92 Å². The van der Waals surface area contributed by atoms with Crippen molar-refractivity contribution in [3.05, 3.63) is 0 Å². The second-order valence-corrected chi connectivity index (χ2v) is 8.61. The van der Waals surface area contributed by atoms with Crippen LogP contribution in [0.2, 0.25) is 0 Å². The normalized spacial score (nSPS) is 27.2. The molecule has 0 aromatic rings. The molecule has 0 aromatic heterocycles. The number of piperidine rings is 2. The SMILES string of the molecule is CCN1CCC(CCNC(=NC)NC2CCN(CC3CCOC3)CC2)CC1. The van der Waals surface area contributed by atoms with E-state index in [1.807, 2.05) is 7.05 Å². The van der Waals surface area contributed by atoms with Crippen LogP contribution >= 0.6 is 0 Å². The van der Waals surface area contributed by atoms with E-state index >= 15 is 0 Å². The van der Waals surface area contributed by atoms with Gasteiger partial charge >= 0.3 is 0 Å². The number of hydrogen-bond acceptors (Lipinski definition) is 4. The van der Waals surface area contributed by atoms with E-state index in [0.29, 0.717) is 6.04 Å². The molecule has 1 atom stereocenters. The van der Waals surface area contributed by atoms with Crippen molar-refractivity contribution < 1.29 is 4.74 Å². The minimum atomic E-state index is 0.556. The molecule has 0 aliphatic carbocycles. The maximum Gasteiger partial charge on any atom is 0.191 e. The van der Waals surface area contributed by atoms with Crippen LogP contribution in [0.5, 0.6) is 0 Å². The average molecular weight is 380 g/mol. The molecule has 3 heterocycles. The van der Waals surface area contributed by atoms with Crippen molar-refractivity contribution in [2.24, 2.45) is 16.8 Å². The van der Waals surface area contributed by atoms with Gasteiger partial charge in [0.1, 0.15) is 0 Å².